The Hall–Kier alpha value is -0.120. The van der Waals surface area contributed by atoms with Gasteiger partial charge in [0.25, 0.3) is 0 Å². The van der Waals surface area contributed by atoms with Crippen LogP contribution in [0, 0.1) is 5.92 Å². The third-order valence-corrected chi connectivity index (χ3v) is 5.33. The molecule has 0 amide bonds. The van der Waals surface area contributed by atoms with Gasteiger partial charge in [-0.25, -0.2) is 0 Å². The van der Waals surface area contributed by atoms with E-state index in [9.17, 15) is 0 Å². The Bertz CT molecular complexity index is 286. The number of hydrogen-bond acceptors (Lipinski definition) is 3. The summed E-state index contributed by atoms with van der Waals surface area (Å²) in [6.45, 7) is 9.14. The fourth-order valence-electron chi connectivity index (χ4n) is 3.85. The van der Waals surface area contributed by atoms with Gasteiger partial charge in [0.15, 0.2) is 0 Å². The van der Waals surface area contributed by atoms with Crippen LogP contribution in [0.15, 0.2) is 0 Å². The highest BCUT2D eigenvalue weighted by Crippen LogP contribution is 2.42. The van der Waals surface area contributed by atoms with Gasteiger partial charge in [-0.2, -0.15) is 0 Å². The van der Waals surface area contributed by atoms with E-state index in [4.69, 9.17) is 4.74 Å². The molecule has 2 unspecified atom stereocenters. The average molecular weight is 252 g/mol. The minimum absolute atomic E-state index is 0.379. The molecular formula is C15H28N2O. The molecule has 18 heavy (non-hydrogen) atoms. The van der Waals surface area contributed by atoms with Gasteiger partial charge < -0.3 is 10.1 Å². The smallest absolute Gasteiger partial charge is 0.0480 e. The molecule has 0 aromatic rings. The van der Waals surface area contributed by atoms with Gasteiger partial charge >= 0.3 is 0 Å². The fraction of sp³-hybridized carbons (Fsp3) is 1.00. The lowest BCUT2D eigenvalue weighted by atomic mass is 9.88. The van der Waals surface area contributed by atoms with Crippen LogP contribution >= 0.6 is 0 Å². The summed E-state index contributed by atoms with van der Waals surface area (Å²) in [5.74, 6) is 0.928. The van der Waals surface area contributed by atoms with Crippen molar-refractivity contribution in [2.75, 3.05) is 26.3 Å². The summed E-state index contributed by atoms with van der Waals surface area (Å²) in [6.07, 6.45) is 6.60. The Kier molecular flexibility index (Phi) is 3.65. The first-order chi connectivity index (χ1) is 8.73. The molecule has 1 N–H and O–H groups in total. The van der Waals surface area contributed by atoms with Crippen LogP contribution in [-0.2, 0) is 4.74 Å². The van der Waals surface area contributed by atoms with E-state index in [-0.39, 0.29) is 0 Å². The van der Waals surface area contributed by atoms with Crippen molar-refractivity contribution < 1.29 is 4.74 Å². The topological polar surface area (TPSA) is 24.5 Å². The molecule has 3 nitrogen and oxygen atoms in total. The molecule has 0 spiro atoms. The van der Waals surface area contributed by atoms with Crippen LogP contribution in [-0.4, -0.2) is 48.8 Å². The van der Waals surface area contributed by atoms with Crippen molar-refractivity contribution in [2.24, 2.45) is 5.92 Å². The van der Waals surface area contributed by atoms with Gasteiger partial charge in [-0.15, -0.1) is 0 Å². The number of nitrogens with one attached hydrogen (secondary N) is 1. The third-order valence-electron chi connectivity index (χ3n) is 5.33. The van der Waals surface area contributed by atoms with E-state index in [1.807, 2.05) is 0 Å². The van der Waals surface area contributed by atoms with Gasteiger partial charge in [-0.1, -0.05) is 6.92 Å². The molecule has 3 heteroatoms. The largest absolute Gasteiger partial charge is 0.381 e. The zero-order valence-corrected chi connectivity index (χ0v) is 12.0. The predicted molar refractivity (Wildman–Crippen MR) is 73.8 cm³/mol. The first-order valence-corrected chi connectivity index (χ1v) is 7.81. The van der Waals surface area contributed by atoms with Gasteiger partial charge in [0.05, 0.1) is 0 Å². The number of ether oxygens (including phenoxy) is 1. The summed E-state index contributed by atoms with van der Waals surface area (Å²) >= 11 is 0. The van der Waals surface area contributed by atoms with Gasteiger partial charge in [0.1, 0.15) is 0 Å². The normalized spacial score (nSPS) is 40.0. The standard InChI is InChI=1S/C15H28N2O/c1-3-13-10-16-15(2,12-4-5-12)11-17(13)14-6-8-18-9-7-14/h12-14,16H,3-11H2,1-2H3. The van der Waals surface area contributed by atoms with Crippen LogP contribution in [0.1, 0.15) is 46.0 Å². The number of rotatable bonds is 3. The second-order valence-electron chi connectivity index (χ2n) is 6.65. The second-order valence-corrected chi connectivity index (χ2v) is 6.65. The van der Waals surface area contributed by atoms with Crippen molar-refractivity contribution in [3.63, 3.8) is 0 Å². The number of hydrogen-bond donors (Lipinski definition) is 1. The molecule has 3 rings (SSSR count). The van der Waals surface area contributed by atoms with E-state index in [2.05, 4.69) is 24.1 Å². The van der Waals surface area contributed by atoms with Crippen LogP contribution in [0.25, 0.3) is 0 Å². The minimum atomic E-state index is 0.379. The molecule has 2 saturated heterocycles. The molecule has 0 radical (unpaired) electrons. The molecule has 0 aromatic heterocycles. The van der Waals surface area contributed by atoms with Crippen LogP contribution in [0.3, 0.4) is 0 Å². The summed E-state index contributed by atoms with van der Waals surface area (Å²) in [5.41, 5.74) is 0.379. The fourth-order valence-corrected chi connectivity index (χ4v) is 3.85. The average Bonchev–Trinajstić information content (AvgIpc) is 3.24. The maximum absolute atomic E-state index is 5.53. The van der Waals surface area contributed by atoms with E-state index >= 15 is 0 Å². The van der Waals surface area contributed by atoms with Crippen molar-refractivity contribution in [2.45, 2.75) is 63.6 Å². The van der Waals surface area contributed by atoms with Crippen LogP contribution in [0.2, 0.25) is 0 Å². The maximum Gasteiger partial charge on any atom is 0.0480 e. The molecule has 2 atom stereocenters. The van der Waals surface area contributed by atoms with Crippen LogP contribution in [0.4, 0.5) is 0 Å². The van der Waals surface area contributed by atoms with Crippen LogP contribution < -0.4 is 5.32 Å². The van der Waals surface area contributed by atoms with E-state index in [1.165, 1.54) is 45.2 Å². The zero-order valence-electron chi connectivity index (χ0n) is 12.0. The van der Waals surface area contributed by atoms with Gasteiger partial charge in [-0.3, -0.25) is 4.90 Å². The zero-order chi connectivity index (χ0) is 12.6. The Balaban J connectivity index is 1.70. The van der Waals surface area contributed by atoms with Crippen LogP contribution in [0.5, 0.6) is 0 Å². The highest BCUT2D eigenvalue weighted by atomic mass is 16.5. The van der Waals surface area contributed by atoms with Crippen molar-refractivity contribution in [1.82, 2.24) is 10.2 Å². The Morgan fingerprint density at radius 2 is 1.94 bits per heavy atom. The molecule has 2 heterocycles. The first kappa shape index (κ1) is 12.9. The first-order valence-electron chi connectivity index (χ1n) is 7.81. The number of piperazine rings is 1. The van der Waals surface area contributed by atoms with Crippen molar-refractivity contribution in [3.05, 3.63) is 0 Å². The Morgan fingerprint density at radius 1 is 1.22 bits per heavy atom. The van der Waals surface area contributed by atoms with Crippen molar-refractivity contribution in [1.29, 1.82) is 0 Å². The molecule has 0 bridgehead atoms. The molecule has 1 aliphatic carbocycles. The third kappa shape index (κ3) is 2.45. The van der Waals surface area contributed by atoms with E-state index in [0.29, 0.717) is 5.54 Å². The minimum Gasteiger partial charge on any atom is -0.381 e. The monoisotopic (exact) mass is 252 g/mol. The highest BCUT2D eigenvalue weighted by molar-refractivity contribution is 5.05. The Labute approximate surface area is 111 Å². The lowest BCUT2D eigenvalue weighted by Crippen LogP contribution is -2.66. The summed E-state index contributed by atoms with van der Waals surface area (Å²) < 4.78 is 5.53. The lowest BCUT2D eigenvalue weighted by Gasteiger charge is -2.50. The van der Waals surface area contributed by atoms with Crippen molar-refractivity contribution in [3.8, 4) is 0 Å². The maximum atomic E-state index is 5.53. The summed E-state index contributed by atoms with van der Waals surface area (Å²) in [5, 5.41) is 3.85. The molecule has 3 aliphatic rings. The second kappa shape index (κ2) is 5.10. The lowest BCUT2D eigenvalue weighted by molar-refractivity contribution is -0.0183. The molecule has 1 saturated carbocycles. The SMILES string of the molecule is CCC1CNC(C)(C2CC2)CN1C1CCOCC1. The molecule has 104 valence electrons. The predicted octanol–water partition coefficient (Wildman–Crippen LogP) is 2.02. The van der Waals surface area contributed by atoms with Gasteiger partial charge in [0, 0.05) is 43.9 Å². The van der Waals surface area contributed by atoms with E-state index in [0.717, 1.165) is 31.2 Å². The van der Waals surface area contributed by atoms with E-state index in [1.54, 1.807) is 0 Å². The van der Waals surface area contributed by atoms with E-state index < -0.39 is 0 Å². The molecular weight excluding hydrogens is 224 g/mol. The molecule has 2 aliphatic heterocycles. The number of nitrogens with zero attached hydrogens (tertiary/aromatic N) is 1. The van der Waals surface area contributed by atoms with Crippen molar-refractivity contribution >= 4 is 0 Å². The quantitative estimate of drug-likeness (QED) is 0.831. The van der Waals surface area contributed by atoms with Gasteiger partial charge in [-0.05, 0) is 44.9 Å². The summed E-state index contributed by atoms with van der Waals surface area (Å²) in [4.78, 5) is 2.82. The van der Waals surface area contributed by atoms with Gasteiger partial charge in [0.2, 0.25) is 0 Å². The Morgan fingerprint density at radius 3 is 2.56 bits per heavy atom. The summed E-state index contributed by atoms with van der Waals surface area (Å²) in [7, 11) is 0. The molecule has 3 fully saturated rings. The summed E-state index contributed by atoms with van der Waals surface area (Å²) in [6, 6.07) is 1.50. The molecule has 0 aromatic carbocycles. The highest BCUT2D eigenvalue weighted by Gasteiger charge is 2.47.